The maximum Gasteiger partial charge on any atom is 0.0924 e. The zero-order valence-corrected chi connectivity index (χ0v) is 16.1. The number of allylic oxidation sites excluding steroid dienone is 1. The van der Waals surface area contributed by atoms with Gasteiger partial charge in [-0.3, -0.25) is 0 Å². The summed E-state index contributed by atoms with van der Waals surface area (Å²) >= 11 is 0. The smallest absolute Gasteiger partial charge is 0.0924 e. The van der Waals surface area contributed by atoms with Crippen molar-refractivity contribution in [1.82, 2.24) is 0 Å². The van der Waals surface area contributed by atoms with Crippen molar-refractivity contribution in [3.8, 4) is 0 Å². The third-order valence-electron chi connectivity index (χ3n) is 8.14. The second-order valence-corrected chi connectivity index (χ2v) is 10.1. The largest absolute Gasteiger partial charge is 0.392 e. The van der Waals surface area contributed by atoms with Crippen LogP contribution in [0.1, 0.15) is 53.9 Å². The summed E-state index contributed by atoms with van der Waals surface area (Å²) in [6, 6.07) is 0. The molecular formula is C21H34O3. The molecule has 1 aliphatic heterocycles. The van der Waals surface area contributed by atoms with Crippen molar-refractivity contribution in [2.45, 2.75) is 77.8 Å². The van der Waals surface area contributed by atoms with Crippen LogP contribution in [0.5, 0.6) is 0 Å². The van der Waals surface area contributed by atoms with E-state index < -0.39 is 0 Å². The second-order valence-electron chi connectivity index (χ2n) is 10.1. The van der Waals surface area contributed by atoms with Crippen molar-refractivity contribution in [1.29, 1.82) is 0 Å². The first-order chi connectivity index (χ1) is 11.1. The predicted octanol–water partition coefficient (Wildman–Crippen LogP) is 3.80. The van der Waals surface area contributed by atoms with Crippen molar-refractivity contribution in [2.75, 3.05) is 7.11 Å². The molecule has 2 saturated carbocycles. The molecule has 3 nitrogen and oxygen atoms in total. The van der Waals surface area contributed by atoms with Gasteiger partial charge in [-0.2, -0.15) is 0 Å². The average molecular weight is 335 g/mol. The molecule has 0 unspecified atom stereocenters. The number of ether oxygens (including phenoxy) is 2. The monoisotopic (exact) mass is 334 g/mol. The molecule has 4 rings (SSSR count). The van der Waals surface area contributed by atoms with Crippen LogP contribution in [0.3, 0.4) is 0 Å². The molecule has 9 atom stereocenters. The Hall–Kier alpha value is -0.380. The summed E-state index contributed by atoms with van der Waals surface area (Å²) in [5.41, 5.74) is -0.0628. The summed E-state index contributed by atoms with van der Waals surface area (Å²) in [5, 5.41) is 11.5. The van der Waals surface area contributed by atoms with E-state index in [1.165, 1.54) is 0 Å². The number of hydrogen-bond donors (Lipinski definition) is 1. The molecule has 0 aromatic carbocycles. The van der Waals surface area contributed by atoms with Crippen LogP contribution in [0.15, 0.2) is 12.2 Å². The minimum absolute atomic E-state index is 0.0204. The first-order valence-electron chi connectivity index (χ1n) is 9.71. The van der Waals surface area contributed by atoms with Gasteiger partial charge in [-0.1, -0.05) is 39.8 Å². The van der Waals surface area contributed by atoms with Gasteiger partial charge in [-0.25, -0.2) is 0 Å². The van der Waals surface area contributed by atoms with Crippen LogP contribution in [-0.4, -0.2) is 36.1 Å². The van der Waals surface area contributed by atoms with E-state index in [-0.39, 0.29) is 28.6 Å². The summed E-state index contributed by atoms with van der Waals surface area (Å²) in [6.45, 7) is 11.5. The summed E-state index contributed by atoms with van der Waals surface area (Å²) in [5.74, 6) is 1.63. The summed E-state index contributed by atoms with van der Waals surface area (Å²) in [7, 11) is 1.83. The van der Waals surface area contributed by atoms with Crippen LogP contribution in [-0.2, 0) is 9.47 Å². The minimum Gasteiger partial charge on any atom is -0.392 e. The molecule has 3 fully saturated rings. The van der Waals surface area contributed by atoms with Gasteiger partial charge in [-0.05, 0) is 55.3 Å². The Balaban J connectivity index is 1.76. The molecule has 0 amide bonds. The normalized spacial score (nSPS) is 58.2. The number of hydrogen-bond acceptors (Lipinski definition) is 3. The third-order valence-corrected chi connectivity index (χ3v) is 8.14. The highest BCUT2D eigenvalue weighted by Crippen LogP contribution is 2.62. The maximum absolute atomic E-state index is 11.5. The van der Waals surface area contributed by atoms with Crippen LogP contribution in [0.4, 0.5) is 0 Å². The molecular weight excluding hydrogens is 300 g/mol. The SMILES string of the molecule is CO[C@@H]1[C@H]2C[C@]3(C)O[C@@H]3C[C@H]3C(C)(C)C=C[C@@]3(C)[C@@H](O)[C@H]2C[C@H]1C. The van der Waals surface area contributed by atoms with E-state index in [4.69, 9.17) is 9.47 Å². The fourth-order valence-corrected chi connectivity index (χ4v) is 6.64. The lowest BCUT2D eigenvalue weighted by Crippen LogP contribution is -2.45. The van der Waals surface area contributed by atoms with Crippen LogP contribution in [0, 0.1) is 34.5 Å². The standard InChI is InChI=1S/C21H34O3/c1-12-9-13-14(17(12)23-6)11-21(5)16(24-21)10-15-19(2,3)7-8-20(15,4)18(13)22/h7-8,12-18,22H,9-11H2,1-6H3/t12-,13+,14+,15+,16-,17+,18+,20-,21+/m1/s1. The van der Waals surface area contributed by atoms with E-state index in [0.717, 1.165) is 19.3 Å². The first kappa shape index (κ1) is 17.1. The van der Waals surface area contributed by atoms with Gasteiger partial charge in [0.25, 0.3) is 0 Å². The van der Waals surface area contributed by atoms with Crippen molar-refractivity contribution in [3.63, 3.8) is 0 Å². The van der Waals surface area contributed by atoms with E-state index >= 15 is 0 Å². The van der Waals surface area contributed by atoms with E-state index in [9.17, 15) is 5.11 Å². The number of fused-ring (bicyclic) bond motifs is 3. The molecule has 4 aliphatic rings. The fraction of sp³-hybridized carbons (Fsp3) is 0.905. The Morgan fingerprint density at radius 3 is 2.46 bits per heavy atom. The zero-order chi connectivity index (χ0) is 17.5. The number of epoxide rings is 1. The number of aliphatic hydroxyl groups is 1. The molecule has 0 bridgehead atoms. The predicted molar refractivity (Wildman–Crippen MR) is 94.6 cm³/mol. The van der Waals surface area contributed by atoms with Crippen molar-refractivity contribution in [3.05, 3.63) is 12.2 Å². The maximum atomic E-state index is 11.5. The van der Waals surface area contributed by atoms with Crippen molar-refractivity contribution < 1.29 is 14.6 Å². The Morgan fingerprint density at radius 1 is 1.08 bits per heavy atom. The lowest BCUT2D eigenvalue weighted by atomic mass is 9.63. The number of rotatable bonds is 1. The molecule has 1 saturated heterocycles. The molecule has 3 aliphatic carbocycles. The quantitative estimate of drug-likeness (QED) is 0.586. The average Bonchev–Trinajstić information content (AvgIpc) is 2.93. The van der Waals surface area contributed by atoms with Gasteiger partial charge in [0.15, 0.2) is 0 Å². The summed E-state index contributed by atoms with van der Waals surface area (Å²) < 4.78 is 12.1. The molecule has 3 heteroatoms. The molecule has 1 N–H and O–H groups in total. The van der Waals surface area contributed by atoms with E-state index in [2.05, 4.69) is 46.8 Å². The molecule has 0 spiro atoms. The number of aliphatic hydroxyl groups excluding tert-OH is 1. The summed E-state index contributed by atoms with van der Waals surface area (Å²) in [4.78, 5) is 0. The molecule has 136 valence electrons. The zero-order valence-electron chi connectivity index (χ0n) is 16.1. The molecule has 0 aromatic rings. The van der Waals surface area contributed by atoms with Crippen molar-refractivity contribution in [2.24, 2.45) is 34.5 Å². The molecule has 1 heterocycles. The highest BCUT2D eigenvalue weighted by molar-refractivity contribution is 5.23. The molecule has 0 radical (unpaired) electrons. The van der Waals surface area contributed by atoms with Crippen LogP contribution < -0.4 is 0 Å². The Kier molecular flexibility index (Phi) is 3.61. The van der Waals surface area contributed by atoms with Gasteiger partial charge < -0.3 is 14.6 Å². The molecule has 0 aromatic heterocycles. The van der Waals surface area contributed by atoms with Crippen molar-refractivity contribution >= 4 is 0 Å². The van der Waals surface area contributed by atoms with Gasteiger partial charge >= 0.3 is 0 Å². The van der Waals surface area contributed by atoms with E-state index in [1.54, 1.807) is 0 Å². The van der Waals surface area contributed by atoms with Crippen LogP contribution >= 0.6 is 0 Å². The van der Waals surface area contributed by atoms with Gasteiger partial charge in [0.2, 0.25) is 0 Å². The fourth-order valence-electron chi connectivity index (χ4n) is 6.64. The van der Waals surface area contributed by atoms with Gasteiger partial charge in [0.1, 0.15) is 0 Å². The minimum atomic E-state index is -0.297. The van der Waals surface area contributed by atoms with Gasteiger partial charge in [0, 0.05) is 12.5 Å². The lowest BCUT2D eigenvalue weighted by molar-refractivity contribution is -0.0581. The Morgan fingerprint density at radius 2 is 1.79 bits per heavy atom. The topological polar surface area (TPSA) is 42.0 Å². The second kappa shape index (κ2) is 5.08. The van der Waals surface area contributed by atoms with Crippen LogP contribution in [0.2, 0.25) is 0 Å². The van der Waals surface area contributed by atoms with Crippen LogP contribution in [0.25, 0.3) is 0 Å². The summed E-state index contributed by atoms with van der Waals surface area (Å²) in [6.07, 6.45) is 8.06. The Labute approximate surface area is 146 Å². The lowest BCUT2D eigenvalue weighted by Gasteiger charge is -2.44. The van der Waals surface area contributed by atoms with E-state index in [1.807, 2.05) is 7.11 Å². The van der Waals surface area contributed by atoms with E-state index in [0.29, 0.717) is 29.8 Å². The Bertz CT molecular complexity index is 555. The van der Waals surface area contributed by atoms with Gasteiger partial charge in [-0.15, -0.1) is 0 Å². The first-order valence-corrected chi connectivity index (χ1v) is 9.71. The third kappa shape index (κ3) is 2.20. The molecule has 24 heavy (non-hydrogen) atoms. The highest BCUT2D eigenvalue weighted by Gasteiger charge is 2.64. The number of methoxy groups -OCH3 is 1. The highest BCUT2D eigenvalue weighted by atomic mass is 16.6. The van der Waals surface area contributed by atoms with Gasteiger partial charge in [0.05, 0.1) is 23.9 Å².